The second kappa shape index (κ2) is 6.97. The van der Waals surface area contributed by atoms with E-state index in [1.54, 1.807) is 4.90 Å². The summed E-state index contributed by atoms with van der Waals surface area (Å²) in [6.07, 6.45) is 2.32. The van der Waals surface area contributed by atoms with Crippen LogP contribution >= 0.6 is 11.3 Å². The first-order valence-corrected chi connectivity index (χ1v) is 10.4. The number of carbonyl (C=O) groups excluding carboxylic acids is 1. The monoisotopic (exact) mass is 401 g/mol. The molecule has 5 nitrogen and oxygen atoms in total. The summed E-state index contributed by atoms with van der Waals surface area (Å²) in [5, 5.41) is 0.555. The van der Waals surface area contributed by atoms with Crippen molar-refractivity contribution in [3.8, 4) is 10.4 Å². The number of amides is 1. The zero-order chi connectivity index (χ0) is 20.0. The van der Waals surface area contributed by atoms with Gasteiger partial charge in [0.05, 0.1) is 11.7 Å². The highest BCUT2D eigenvalue weighted by molar-refractivity contribution is 7.21. The van der Waals surface area contributed by atoms with E-state index in [1.165, 1.54) is 27.8 Å². The molecule has 4 aromatic rings. The molecule has 5 rings (SSSR count). The maximum atomic E-state index is 13.0. The van der Waals surface area contributed by atoms with Gasteiger partial charge in [-0.2, -0.15) is 0 Å². The Kier molecular flexibility index (Phi) is 4.28. The first-order chi connectivity index (χ1) is 14.1. The number of hydrogen-bond donors (Lipinski definition) is 0. The third kappa shape index (κ3) is 3.06. The molecule has 29 heavy (non-hydrogen) atoms. The second-order valence-electron chi connectivity index (χ2n) is 7.32. The van der Waals surface area contributed by atoms with Crippen molar-refractivity contribution in [3.05, 3.63) is 82.9 Å². The number of hydrogen-bond acceptors (Lipinski definition) is 4. The Balaban J connectivity index is 1.47. The molecule has 0 aliphatic carbocycles. The number of nitrogens with zero attached hydrogens (tertiary/aromatic N) is 3. The van der Waals surface area contributed by atoms with E-state index in [0.717, 1.165) is 22.5 Å². The molecular formula is C23H19N3O2S. The molecule has 0 spiro atoms. The van der Waals surface area contributed by atoms with Crippen LogP contribution in [0.2, 0.25) is 0 Å². The van der Waals surface area contributed by atoms with Crippen LogP contribution in [0.3, 0.4) is 0 Å². The Hall–Kier alpha value is -3.25. The highest BCUT2D eigenvalue weighted by Crippen LogP contribution is 2.32. The van der Waals surface area contributed by atoms with E-state index in [0.29, 0.717) is 10.2 Å². The Morgan fingerprint density at radius 1 is 1.14 bits per heavy atom. The molecule has 144 valence electrons. The van der Waals surface area contributed by atoms with Gasteiger partial charge >= 0.3 is 0 Å². The molecule has 0 fully saturated rings. The van der Waals surface area contributed by atoms with Crippen molar-refractivity contribution in [2.45, 2.75) is 25.9 Å². The minimum atomic E-state index is -0.179. The molecule has 1 aliphatic heterocycles. The minimum Gasteiger partial charge on any atom is -0.307 e. The van der Waals surface area contributed by atoms with Crippen LogP contribution in [0.4, 0.5) is 5.69 Å². The number of thiophene rings is 1. The summed E-state index contributed by atoms with van der Waals surface area (Å²) in [7, 11) is 0. The summed E-state index contributed by atoms with van der Waals surface area (Å²) in [5.74, 6) is -0.0933. The largest absolute Gasteiger partial charge is 0.307 e. The molecule has 0 bridgehead atoms. The van der Waals surface area contributed by atoms with Crippen LogP contribution in [0.25, 0.3) is 20.7 Å². The SMILES string of the molecule is C[C@@H]1Cc2ccccc2N1C(=O)Cn1cnc2sc(-c3ccccc3)cc2c1=O. The Morgan fingerprint density at radius 3 is 2.72 bits per heavy atom. The van der Waals surface area contributed by atoms with Gasteiger partial charge in [0.25, 0.3) is 5.56 Å². The normalized spacial score (nSPS) is 15.6. The van der Waals surface area contributed by atoms with Crippen molar-refractivity contribution in [3.63, 3.8) is 0 Å². The van der Waals surface area contributed by atoms with Gasteiger partial charge in [0.2, 0.25) is 5.91 Å². The van der Waals surface area contributed by atoms with E-state index in [1.807, 2.05) is 61.5 Å². The first kappa shape index (κ1) is 17.8. The number of aromatic nitrogens is 2. The molecule has 0 saturated heterocycles. The number of anilines is 1. The fourth-order valence-electron chi connectivity index (χ4n) is 3.98. The van der Waals surface area contributed by atoms with Crippen LogP contribution in [0.15, 0.2) is 71.8 Å². The maximum absolute atomic E-state index is 13.0. The number of benzene rings is 2. The van der Waals surface area contributed by atoms with E-state index in [4.69, 9.17) is 0 Å². The molecular weight excluding hydrogens is 382 g/mol. The molecule has 1 amide bonds. The van der Waals surface area contributed by atoms with E-state index in [-0.39, 0.29) is 24.1 Å². The fraction of sp³-hybridized carbons (Fsp3) is 0.174. The Morgan fingerprint density at radius 2 is 1.90 bits per heavy atom. The standard InChI is InChI=1S/C23H19N3O2S/c1-15-11-17-9-5-6-10-19(17)26(15)21(27)13-25-14-24-22-18(23(25)28)12-20(29-22)16-7-3-2-4-8-16/h2-10,12,14-15H,11,13H2,1H3/t15-/m1/s1. The lowest BCUT2D eigenvalue weighted by Gasteiger charge is -2.23. The lowest BCUT2D eigenvalue weighted by atomic mass is 10.1. The number of carbonyl (C=O) groups is 1. The van der Waals surface area contributed by atoms with Crippen LogP contribution in [0, 0.1) is 0 Å². The summed E-state index contributed by atoms with van der Waals surface area (Å²) in [6.45, 7) is 2.02. The first-order valence-electron chi connectivity index (χ1n) is 9.56. The lowest BCUT2D eigenvalue weighted by molar-refractivity contribution is -0.119. The highest BCUT2D eigenvalue weighted by Gasteiger charge is 2.30. The van der Waals surface area contributed by atoms with Gasteiger partial charge in [-0.05, 0) is 36.6 Å². The van der Waals surface area contributed by atoms with Crippen LogP contribution in [0.5, 0.6) is 0 Å². The zero-order valence-electron chi connectivity index (χ0n) is 15.9. The van der Waals surface area contributed by atoms with Crippen molar-refractivity contribution in [1.29, 1.82) is 0 Å². The molecule has 6 heteroatoms. The molecule has 1 aliphatic rings. The van der Waals surface area contributed by atoms with Gasteiger partial charge in [0, 0.05) is 16.6 Å². The van der Waals surface area contributed by atoms with E-state index in [9.17, 15) is 9.59 Å². The average Bonchev–Trinajstić information content (AvgIpc) is 3.31. The third-order valence-electron chi connectivity index (χ3n) is 5.36. The smallest absolute Gasteiger partial charge is 0.262 e. The van der Waals surface area contributed by atoms with E-state index in [2.05, 4.69) is 11.1 Å². The van der Waals surface area contributed by atoms with Crippen LogP contribution in [-0.2, 0) is 17.8 Å². The van der Waals surface area contributed by atoms with Crippen molar-refractivity contribution in [2.24, 2.45) is 0 Å². The van der Waals surface area contributed by atoms with Crippen LogP contribution in [0.1, 0.15) is 12.5 Å². The predicted molar refractivity (Wildman–Crippen MR) is 116 cm³/mol. The third-order valence-corrected chi connectivity index (χ3v) is 6.45. The summed E-state index contributed by atoms with van der Waals surface area (Å²) < 4.78 is 1.42. The number of rotatable bonds is 3. The van der Waals surface area contributed by atoms with Gasteiger partial charge in [-0.1, -0.05) is 48.5 Å². The molecule has 1 atom stereocenters. The zero-order valence-corrected chi connectivity index (χ0v) is 16.7. The van der Waals surface area contributed by atoms with Crippen molar-refractivity contribution in [1.82, 2.24) is 9.55 Å². The molecule has 2 aromatic carbocycles. The van der Waals surface area contributed by atoms with Crippen molar-refractivity contribution >= 4 is 33.1 Å². The summed E-state index contributed by atoms with van der Waals surface area (Å²) in [6, 6.07) is 19.8. The highest BCUT2D eigenvalue weighted by atomic mass is 32.1. The Bertz CT molecular complexity index is 1280. The van der Waals surface area contributed by atoms with Gasteiger partial charge in [-0.15, -0.1) is 11.3 Å². The number of para-hydroxylation sites is 1. The number of fused-ring (bicyclic) bond motifs is 2. The molecule has 2 aromatic heterocycles. The average molecular weight is 401 g/mol. The van der Waals surface area contributed by atoms with Gasteiger partial charge in [-0.25, -0.2) is 4.98 Å². The second-order valence-corrected chi connectivity index (χ2v) is 8.35. The van der Waals surface area contributed by atoms with Crippen LogP contribution < -0.4 is 10.5 Å². The Labute approximate surface area is 171 Å². The van der Waals surface area contributed by atoms with Crippen molar-refractivity contribution in [2.75, 3.05) is 4.90 Å². The summed E-state index contributed by atoms with van der Waals surface area (Å²) in [5.41, 5.74) is 2.98. The van der Waals surface area contributed by atoms with Gasteiger partial charge < -0.3 is 4.90 Å². The fourth-order valence-corrected chi connectivity index (χ4v) is 4.98. The van der Waals surface area contributed by atoms with E-state index < -0.39 is 0 Å². The summed E-state index contributed by atoms with van der Waals surface area (Å²) in [4.78, 5) is 34.0. The molecule has 3 heterocycles. The van der Waals surface area contributed by atoms with Crippen molar-refractivity contribution < 1.29 is 4.79 Å². The van der Waals surface area contributed by atoms with Gasteiger partial charge in [0.1, 0.15) is 11.4 Å². The minimum absolute atomic E-state index is 0.0169. The van der Waals surface area contributed by atoms with E-state index >= 15 is 0 Å². The summed E-state index contributed by atoms with van der Waals surface area (Å²) >= 11 is 1.49. The maximum Gasteiger partial charge on any atom is 0.262 e. The lowest BCUT2D eigenvalue weighted by Crippen LogP contribution is -2.39. The molecule has 0 radical (unpaired) electrons. The van der Waals surface area contributed by atoms with Crippen LogP contribution in [-0.4, -0.2) is 21.5 Å². The van der Waals surface area contributed by atoms with Gasteiger partial charge in [-0.3, -0.25) is 14.2 Å². The quantitative estimate of drug-likeness (QED) is 0.519. The topological polar surface area (TPSA) is 55.2 Å². The van der Waals surface area contributed by atoms with Gasteiger partial charge in [0.15, 0.2) is 0 Å². The molecule has 0 N–H and O–H groups in total. The molecule has 0 saturated carbocycles. The molecule has 0 unspecified atom stereocenters. The predicted octanol–water partition coefficient (Wildman–Crippen LogP) is 4.10.